The topological polar surface area (TPSA) is 61.8 Å². The number of rotatable bonds is 6. The Labute approximate surface area is 128 Å². The van der Waals surface area contributed by atoms with Gasteiger partial charge in [0.15, 0.2) is 6.29 Å². The molecule has 2 rings (SSSR count). The second-order valence-electron chi connectivity index (χ2n) is 5.08. The quantitative estimate of drug-likeness (QED) is 0.747. The van der Waals surface area contributed by atoms with Crippen LogP contribution in [0.5, 0.6) is 0 Å². The highest BCUT2D eigenvalue weighted by molar-refractivity contribution is 7.85. The molecule has 1 fully saturated rings. The van der Waals surface area contributed by atoms with Gasteiger partial charge in [-0.15, -0.1) is 0 Å². The van der Waals surface area contributed by atoms with Crippen molar-refractivity contribution in [3.05, 3.63) is 35.4 Å². The summed E-state index contributed by atoms with van der Waals surface area (Å²) in [6.07, 6.45) is 1.76. The first-order valence-electron chi connectivity index (χ1n) is 6.91. The number of ether oxygens (including phenoxy) is 2. The van der Waals surface area contributed by atoms with E-state index in [2.05, 4.69) is 0 Å². The molecule has 0 saturated carbocycles. The number of benzene rings is 1. The minimum atomic E-state index is -3.71. The lowest BCUT2D eigenvalue weighted by atomic mass is 10.1. The average Bonchev–Trinajstić information content (AvgIpc) is 2.44. The normalized spacial score (nSPS) is 20.8. The lowest BCUT2D eigenvalue weighted by molar-refractivity contribution is -0.195. The molecule has 1 aromatic carbocycles. The summed E-state index contributed by atoms with van der Waals surface area (Å²) in [6, 6.07) is 3.01. The van der Waals surface area contributed by atoms with Crippen molar-refractivity contribution in [2.24, 2.45) is 0 Å². The van der Waals surface area contributed by atoms with Crippen molar-refractivity contribution in [2.75, 3.05) is 19.5 Å². The Balaban J connectivity index is 2.15. The van der Waals surface area contributed by atoms with Crippen molar-refractivity contribution < 1.29 is 30.9 Å². The van der Waals surface area contributed by atoms with Gasteiger partial charge in [-0.05, 0) is 25.3 Å². The van der Waals surface area contributed by atoms with Crippen LogP contribution in [0.4, 0.5) is 8.78 Å². The molecule has 2 atom stereocenters. The fraction of sp³-hybridized carbons (Fsp3) is 0.571. The minimum Gasteiger partial charge on any atom is -0.353 e. The van der Waals surface area contributed by atoms with Gasteiger partial charge >= 0.3 is 0 Å². The third-order valence-corrected chi connectivity index (χ3v) is 3.76. The van der Waals surface area contributed by atoms with Crippen LogP contribution in [0.25, 0.3) is 0 Å². The Morgan fingerprint density at radius 2 is 2.14 bits per heavy atom. The van der Waals surface area contributed by atoms with Crippen LogP contribution in [0, 0.1) is 11.6 Å². The lowest BCUT2D eigenvalue weighted by Crippen LogP contribution is -2.27. The van der Waals surface area contributed by atoms with E-state index in [-0.39, 0.29) is 5.56 Å². The second-order valence-corrected chi connectivity index (χ2v) is 6.72. The zero-order valence-electron chi connectivity index (χ0n) is 12.1. The molecule has 0 N–H and O–H groups in total. The van der Waals surface area contributed by atoms with Crippen molar-refractivity contribution in [1.82, 2.24) is 0 Å². The number of hydrogen-bond acceptors (Lipinski definition) is 5. The van der Waals surface area contributed by atoms with E-state index in [1.807, 2.05) is 0 Å². The van der Waals surface area contributed by atoms with Gasteiger partial charge in [0.25, 0.3) is 10.1 Å². The first kappa shape index (κ1) is 17.3. The van der Waals surface area contributed by atoms with Crippen LogP contribution >= 0.6 is 0 Å². The van der Waals surface area contributed by atoms with Gasteiger partial charge < -0.3 is 9.47 Å². The van der Waals surface area contributed by atoms with Gasteiger partial charge in [0, 0.05) is 18.2 Å². The highest BCUT2D eigenvalue weighted by atomic mass is 32.2. The van der Waals surface area contributed by atoms with Gasteiger partial charge in [-0.3, -0.25) is 4.18 Å². The Morgan fingerprint density at radius 1 is 1.36 bits per heavy atom. The number of halogens is 2. The minimum absolute atomic E-state index is 0.0271. The SMILES string of the molecule is CS(=O)(=O)OCC(OC1CCCCO1)c1ccc(F)cc1F. The molecule has 8 heteroatoms. The van der Waals surface area contributed by atoms with Crippen LogP contribution in [0.2, 0.25) is 0 Å². The van der Waals surface area contributed by atoms with Gasteiger partial charge in [-0.2, -0.15) is 8.42 Å². The zero-order valence-corrected chi connectivity index (χ0v) is 12.9. The second kappa shape index (κ2) is 7.45. The third-order valence-electron chi connectivity index (χ3n) is 3.20. The van der Waals surface area contributed by atoms with Crippen LogP contribution in [0.15, 0.2) is 18.2 Å². The van der Waals surface area contributed by atoms with E-state index in [9.17, 15) is 17.2 Å². The predicted octanol–water partition coefficient (Wildman–Crippen LogP) is 2.53. The Bertz CT molecular complexity index is 599. The molecular formula is C14H18F2O5S. The largest absolute Gasteiger partial charge is 0.353 e. The highest BCUT2D eigenvalue weighted by Crippen LogP contribution is 2.27. The standard InChI is InChI=1S/C14H18F2O5S/c1-22(17,18)20-9-13(21-14-4-2-3-7-19-14)11-6-5-10(15)8-12(11)16/h5-6,8,13-14H,2-4,7,9H2,1H3. The Hall–Kier alpha value is -1.09. The molecule has 1 aliphatic rings. The first-order valence-corrected chi connectivity index (χ1v) is 8.73. The number of hydrogen-bond donors (Lipinski definition) is 0. The van der Waals surface area contributed by atoms with Crippen molar-refractivity contribution in [2.45, 2.75) is 31.7 Å². The highest BCUT2D eigenvalue weighted by Gasteiger charge is 2.25. The maximum atomic E-state index is 13.9. The smallest absolute Gasteiger partial charge is 0.264 e. The molecule has 0 radical (unpaired) electrons. The average molecular weight is 336 g/mol. The summed E-state index contributed by atoms with van der Waals surface area (Å²) >= 11 is 0. The summed E-state index contributed by atoms with van der Waals surface area (Å²) in [5.74, 6) is -1.55. The molecule has 1 aromatic rings. The van der Waals surface area contributed by atoms with E-state index < -0.39 is 40.8 Å². The van der Waals surface area contributed by atoms with Gasteiger partial charge in [0.1, 0.15) is 17.7 Å². The molecule has 0 bridgehead atoms. The summed E-state index contributed by atoms with van der Waals surface area (Å²) in [5.41, 5.74) is 0.0271. The fourth-order valence-electron chi connectivity index (χ4n) is 2.15. The summed E-state index contributed by atoms with van der Waals surface area (Å²) < 4.78 is 64.9. The molecule has 0 amide bonds. The molecule has 0 aliphatic carbocycles. The molecule has 22 heavy (non-hydrogen) atoms. The summed E-state index contributed by atoms with van der Waals surface area (Å²) in [4.78, 5) is 0. The van der Waals surface area contributed by atoms with E-state index >= 15 is 0 Å². The summed E-state index contributed by atoms with van der Waals surface area (Å²) in [6.45, 7) is 0.122. The van der Waals surface area contributed by atoms with Crippen LogP contribution in [0.1, 0.15) is 30.9 Å². The van der Waals surface area contributed by atoms with E-state index in [1.165, 1.54) is 6.07 Å². The van der Waals surface area contributed by atoms with Crippen LogP contribution < -0.4 is 0 Å². The monoisotopic (exact) mass is 336 g/mol. The van der Waals surface area contributed by atoms with Crippen molar-refractivity contribution in [3.63, 3.8) is 0 Å². The molecule has 124 valence electrons. The molecule has 1 aliphatic heterocycles. The fourth-order valence-corrected chi connectivity index (χ4v) is 2.52. The van der Waals surface area contributed by atoms with Crippen LogP contribution in [0.3, 0.4) is 0 Å². The molecular weight excluding hydrogens is 318 g/mol. The van der Waals surface area contributed by atoms with E-state index in [0.717, 1.165) is 25.2 Å². The van der Waals surface area contributed by atoms with Crippen molar-refractivity contribution in [3.8, 4) is 0 Å². The summed E-state index contributed by atoms with van der Waals surface area (Å²) in [7, 11) is -3.71. The van der Waals surface area contributed by atoms with Gasteiger partial charge in [-0.25, -0.2) is 8.78 Å². The van der Waals surface area contributed by atoms with Crippen molar-refractivity contribution in [1.29, 1.82) is 0 Å². The Morgan fingerprint density at radius 3 is 2.73 bits per heavy atom. The summed E-state index contributed by atoms with van der Waals surface area (Å²) in [5, 5.41) is 0. The molecule has 0 aromatic heterocycles. The first-order chi connectivity index (χ1) is 10.3. The van der Waals surface area contributed by atoms with E-state index in [1.54, 1.807) is 0 Å². The molecule has 0 spiro atoms. The van der Waals surface area contributed by atoms with Crippen LogP contribution in [-0.2, 0) is 23.8 Å². The molecule has 1 saturated heterocycles. The van der Waals surface area contributed by atoms with Gasteiger partial charge in [-0.1, -0.05) is 6.07 Å². The molecule has 2 unspecified atom stereocenters. The van der Waals surface area contributed by atoms with E-state index in [0.29, 0.717) is 19.1 Å². The van der Waals surface area contributed by atoms with E-state index in [4.69, 9.17) is 13.7 Å². The predicted molar refractivity (Wildman–Crippen MR) is 74.6 cm³/mol. The molecule has 1 heterocycles. The zero-order chi connectivity index (χ0) is 16.2. The van der Waals surface area contributed by atoms with Crippen molar-refractivity contribution >= 4 is 10.1 Å². The van der Waals surface area contributed by atoms with Crippen LogP contribution in [-0.4, -0.2) is 34.2 Å². The lowest BCUT2D eigenvalue weighted by Gasteiger charge is -2.28. The maximum Gasteiger partial charge on any atom is 0.264 e. The maximum absolute atomic E-state index is 13.9. The van der Waals surface area contributed by atoms with Gasteiger partial charge in [0.2, 0.25) is 0 Å². The Kier molecular flexibility index (Phi) is 5.85. The molecule has 5 nitrogen and oxygen atoms in total. The third kappa shape index (κ3) is 5.28. The van der Waals surface area contributed by atoms with Gasteiger partial charge in [0.05, 0.1) is 12.9 Å².